The number of halogens is 1. The first-order chi connectivity index (χ1) is 6.50. The van der Waals surface area contributed by atoms with E-state index in [9.17, 15) is 10.2 Å². The summed E-state index contributed by atoms with van der Waals surface area (Å²) in [6.45, 7) is 5.38. The van der Waals surface area contributed by atoms with Gasteiger partial charge in [-0.2, -0.15) is 0 Å². The first kappa shape index (κ1) is 11.1. The molecule has 3 heteroatoms. The van der Waals surface area contributed by atoms with E-state index in [0.29, 0.717) is 22.6 Å². The second-order valence-corrected chi connectivity index (χ2v) is 3.78. The Bertz CT molecular complexity index is 347. The Morgan fingerprint density at radius 1 is 1.57 bits per heavy atom. The van der Waals surface area contributed by atoms with Crippen molar-refractivity contribution in [3.63, 3.8) is 0 Å². The summed E-state index contributed by atoms with van der Waals surface area (Å²) in [5.41, 5.74) is 1.30. The van der Waals surface area contributed by atoms with Crippen LogP contribution in [-0.2, 0) is 6.42 Å². The van der Waals surface area contributed by atoms with Gasteiger partial charge in [0.05, 0.1) is 6.10 Å². The average molecular weight is 213 g/mol. The molecule has 0 amide bonds. The van der Waals surface area contributed by atoms with Crippen LogP contribution in [0, 0.1) is 0 Å². The predicted molar refractivity (Wildman–Crippen MR) is 57.6 cm³/mol. The average Bonchev–Trinajstić information content (AvgIpc) is 2.11. The summed E-state index contributed by atoms with van der Waals surface area (Å²) in [5.74, 6) is 0.148. The van der Waals surface area contributed by atoms with Gasteiger partial charge >= 0.3 is 0 Å². The Balaban J connectivity index is 2.85. The second kappa shape index (κ2) is 4.49. The van der Waals surface area contributed by atoms with E-state index in [0.717, 1.165) is 0 Å². The largest absolute Gasteiger partial charge is 0.508 e. The molecule has 0 spiro atoms. The SMILES string of the molecule is C=C(C)C(O)Cc1cc(Cl)ccc1O. The normalized spacial score (nSPS) is 12.5. The summed E-state index contributed by atoms with van der Waals surface area (Å²) in [4.78, 5) is 0. The summed E-state index contributed by atoms with van der Waals surface area (Å²) < 4.78 is 0. The molecule has 0 radical (unpaired) electrons. The fourth-order valence-corrected chi connectivity index (χ4v) is 1.29. The molecule has 0 saturated heterocycles. The number of phenols is 1. The molecule has 1 unspecified atom stereocenters. The van der Waals surface area contributed by atoms with Crippen molar-refractivity contribution >= 4 is 11.6 Å². The number of aromatic hydroxyl groups is 1. The molecule has 14 heavy (non-hydrogen) atoms. The number of phenolic OH excluding ortho intramolecular Hbond substituents is 1. The molecule has 2 nitrogen and oxygen atoms in total. The Morgan fingerprint density at radius 2 is 2.21 bits per heavy atom. The lowest BCUT2D eigenvalue weighted by molar-refractivity contribution is 0.210. The maximum Gasteiger partial charge on any atom is 0.118 e. The van der Waals surface area contributed by atoms with Gasteiger partial charge in [0.1, 0.15) is 5.75 Å². The summed E-state index contributed by atoms with van der Waals surface area (Å²) in [6.07, 6.45) is -0.304. The van der Waals surface area contributed by atoms with Crippen molar-refractivity contribution in [2.24, 2.45) is 0 Å². The molecule has 0 aliphatic rings. The molecule has 76 valence electrons. The number of hydrogen-bond acceptors (Lipinski definition) is 2. The van der Waals surface area contributed by atoms with E-state index in [1.807, 2.05) is 0 Å². The third-order valence-electron chi connectivity index (χ3n) is 2.02. The molecule has 0 heterocycles. The zero-order valence-corrected chi connectivity index (χ0v) is 8.75. The lowest BCUT2D eigenvalue weighted by Crippen LogP contribution is -2.11. The van der Waals surface area contributed by atoms with Gasteiger partial charge in [-0.15, -0.1) is 0 Å². The summed E-state index contributed by atoms with van der Waals surface area (Å²) >= 11 is 5.76. The molecule has 1 rings (SSSR count). The highest BCUT2D eigenvalue weighted by Crippen LogP contribution is 2.23. The van der Waals surface area contributed by atoms with Gasteiger partial charge in [0, 0.05) is 11.4 Å². The van der Waals surface area contributed by atoms with Gasteiger partial charge in [0.2, 0.25) is 0 Å². The fourth-order valence-electron chi connectivity index (χ4n) is 1.10. The highest BCUT2D eigenvalue weighted by molar-refractivity contribution is 6.30. The van der Waals surface area contributed by atoms with Gasteiger partial charge < -0.3 is 10.2 Å². The maximum atomic E-state index is 9.54. The van der Waals surface area contributed by atoms with Crippen molar-refractivity contribution in [3.05, 3.63) is 40.9 Å². The van der Waals surface area contributed by atoms with Crippen molar-refractivity contribution in [2.45, 2.75) is 19.4 Å². The van der Waals surface area contributed by atoms with E-state index < -0.39 is 6.10 Å². The Kier molecular flexibility index (Phi) is 3.55. The molecule has 0 fully saturated rings. The molecule has 1 aromatic rings. The van der Waals surface area contributed by atoms with Crippen molar-refractivity contribution in [3.8, 4) is 5.75 Å². The minimum Gasteiger partial charge on any atom is -0.508 e. The van der Waals surface area contributed by atoms with Gasteiger partial charge in [0.15, 0.2) is 0 Å². The Morgan fingerprint density at radius 3 is 2.79 bits per heavy atom. The molecular weight excluding hydrogens is 200 g/mol. The van der Waals surface area contributed by atoms with Crippen LogP contribution in [0.5, 0.6) is 5.75 Å². The summed E-state index contributed by atoms with van der Waals surface area (Å²) in [6, 6.07) is 4.76. The van der Waals surface area contributed by atoms with Crippen LogP contribution >= 0.6 is 11.6 Å². The van der Waals surface area contributed by atoms with E-state index in [2.05, 4.69) is 6.58 Å². The molecule has 0 aliphatic carbocycles. The van der Waals surface area contributed by atoms with Gasteiger partial charge in [-0.25, -0.2) is 0 Å². The van der Waals surface area contributed by atoms with Crippen LogP contribution in [0.1, 0.15) is 12.5 Å². The lowest BCUT2D eigenvalue weighted by atomic mass is 10.0. The van der Waals surface area contributed by atoms with Crippen LogP contribution in [0.2, 0.25) is 5.02 Å². The van der Waals surface area contributed by atoms with Crippen LogP contribution < -0.4 is 0 Å². The van der Waals surface area contributed by atoms with Crippen LogP contribution in [0.15, 0.2) is 30.4 Å². The van der Waals surface area contributed by atoms with Crippen molar-refractivity contribution in [1.82, 2.24) is 0 Å². The number of aliphatic hydroxyl groups is 1. The smallest absolute Gasteiger partial charge is 0.118 e. The minimum atomic E-state index is -0.639. The standard InChI is InChI=1S/C11H13ClO2/c1-7(2)11(14)6-8-5-9(12)3-4-10(8)13/h3-5,11,13-14H,1,6H2,2H3. The molecular formula is C11H13ClO2. The van der Waals surface area contributed by atoms with Gasteiger partial charge in [0.25, 0.3) is 0 Å². The van der Waals surface area contributed by atoms with Crippen LogP contribution in [-0.4, -0.2) is 16.3 Å². The van der Waals surface area contributed by atoms with E-state index in [1.165, 1.54) is 6.07 Å². The Hall–Kier alpha value is -0.990. The van der Waals surface area contributed by atoms with E-state index in [1.54, 1.807) is 19.1 Å². The molecule has 0 bridgehead atoms. The Labute approximate surface area is 88.5 Å². The van der Waals surface area contributed by atoms with Gasteiger partial charge in [-0.05, 0) is 30.7 Å². The molecule has 0 aromatic heterocycles. The van der Waals surface area contributed by atoms with E-state index in [-0.39, 0.29) is 5.75 Å². The van der Waals surface area contributed by atoms with E-state index in [4.69, 9.17) is 11.6 Å². The zero-order valence-electron chi connectivity index (χ0n) is 8.00. The van der Waals surface area contributed by atoms with E-state index >= 15 is 0 Å². The first-order valence-electron chi connectivity index (χ1n) is 4.31. The lowest BCUT2D eigenvalue weighted by Gasteiger charge is -2.11. The number of hydrogen-bond donors (Lipinski definition) is 2. The van der Waals surface area contributed by atoms with Crippen LogP contribution in [0.3, 0.4) is 0 Å². The first-order valence-corrected chi connectivity index (χ1v) is 4.69. The number of rotatable bonds is 3. The van der Waals surface area contributed by atoms with Crippen LogP contribution in [0.4, 0.5) is 0 Å². The molecule has 0 saturated carbocycles. The third kappa shape index (κ3) is 2.76. The highest BCUT2D eigenvalue weighted by atomic mass is 35.5. The quantitative estimate of drug-likeness (QED) is 0.756. The summed E-state index contributed by atoms with van der Waals surface area (Å²) in [7, 11) is 0. The van der Waals surface area contributed by atoms with Crippen molar-refractivity contribution < 1.29 is 10.2 Å². The van der Waals surface area contributed by atoms with Crippen molar-refractivity contribution in [2.75, 3.05) is 0 Å². The fraction of sp³-hybridized carbons (Fsp3) is 0.273. The molecule has 2 N–H and O–H groups in total. The number of benzene rings is 1. The maximum absolute atomic E-state index is 9.54. The third-order valence-corrected chi connectivity index (χ3v) is 2.26. The second-order valence-electron chi connectivity index (χ2n) is 3.34. The summed E-state index contributed by atoms with van der Waals surface area (Å²) in [5, 5.41) is 19.6. The highest BCUT2D eigenvalue weighted by Gasteiger charge is 2.09. The monoisotopic (exact) mass is 212 g/mol. The van der Waals surface area contributed by atoms with Crippen molar-refractivity contribution in [1.29, 1.82) is 0 Å². The molecule has 1 aromatic carbocycles. The predicted octanol–water partition coefficient (Wildman–Crippen LogP) is 2.53. The number of aliphatic hydroxyl groups excluding tert-OH is 1. The van der Waals surface area contributed by atoms with Gasteiger partial charge in [-0.1, -0.05) is 23.8 Å². The topological polar surface area (TPSA) is 40.5 Å². The molecule has 0 aliphatic heterocycles. The minimum absolute atomic E-state index is 0.148. The van der Waals surface area contributed by atoms with Crippen LogP contribution in [0.25, 0.3) is 0 Å². The van der Waals surface area contributed by atoms with Gasteiger partial charge in [-0.3, -0.25) is 0 Å². The molecule has 1 atom stereocenters. The zero-order chi connectivity index (χ0) is 10.7.